The second-order valence-electron chi connectivity index (χ2n) is 5.44. The lowest BCUT2D eigenvalue weighted by Gasteiger charge is -2.36. The summed E-state index contributed by atoms with van der Waals surface area (Å²) in [4.78, 5) is 4.62. The Morgan fingerprint density at radius 2 is 2.09 bits per heavy atom. The first kappa shape index (κ1) is 15.1. The fraction of sp³-hybridized carbons (Fsp3) is 0.375. The molecule has 1 fully saturated rings. The number of anilines is 1. The summed E-state index contributed by atoms with van der Waals surface area (Å²) >= 11 is 3.45. The molecule has 0 saturated carbocycles. The Balaban J connectivity index is 1.65. The predicted molar refractivity (Wildman–Crippen MR) is 87.6 cm³/mol. The summed E-state index contributed by atoms with van der Waals surface area (Å²) in [7, 11) is 0. The Morgan fingerprint density at radius 1 is 1.32 bits per heavy atom. The SMILES string of the molecule is Cc1cc(CN2CCN(c3cccc(Br)c3C#N)CC2)on1. The standard InChI is InChI=1S/C16H17BrN4O/c1-12-9-13(22-19-12)11-20-5-7-21(8-6-20)16-4-2-3-15(17)14(16)10-18/h2-4,9H,5-8,11H2,1H3. The van der Waals surface area contributed by atoms with Gasteiger partial charge in [0.1, 0.15) is 6.07 Å². The monoisotopic (exact) mass is 360 g/mol. The van der Waals surface area contributed by atoms with Gasteiger partial charge < -0.3 is 9.42 Å². The highest BCUT2D eigenvalue weighted by atomic mass is 79.9. The van der Waals surface area contributed by atoms with Crippen molar-refractivity contribution in [3.63, 3.8) is 0 Å². The van der Waals surface area contributed by atoms with Gasteiger partial charge in [-0.1, -0.05) is 11.2 Å². The van der Waals surface area contributed by atoms with Crippen molar-refractivity contribution in [1.82, 2.24) is 10.1 Å². The van der Waals surface area contributed by atoms with Gasteiger partial charge in [0.2, 0.25) is 0 Å². The molecule has 22 heavy (non-hydrogen) atoms. The van der Waals surface area contributed by atoms with Gasteiger partial charge in [0.15, 0.2) is 5.76 Å². The fourth-order valence-electron chi connectivity index (χ4n) is 2.75. The molecule has 3 rings (SSSR count). The number of aryl methyl sites for hydroxylation is 1. The first-order valence-corrected chi connectivity index (χ1v) is 8.05. The zero-order valence-corrected chi connectivity index (χ0v) is 14.0. The van der Waals surface area contributed by atoms with E-state index in [1.165, 1.54) is 0 Å². The molecule has 1 aliphatic heterocycles. The van der Waals surface area contributed by atoms with E-state index in [1.807, 2.05) is 31.2 Å². The third kappa shape index (κ3) is 3.16. The molecule has 6 heteroatoms. The van der Waals surface area contributed by atoms with Crippen LogP contribution in [-0.2, 0) is 6.54 Å². The topological polar surface area (TPSA) is 56.3 Å². The summed E-state index contributed by atoms with van der Waals surface area (Å²) in [6.07, 6.45) is 0. The summed E-state index contributed by atoms with van der Waals surface area (Å²) in [6.45, 7) is 6.41. The van der Waals surface area contributed by atoms with E-state index in [1.54, 1.807) is 0 Å². The molecule has 5 nitrogen and oxygen atoms in total. The largest absolute Gasteiger partial charge is 0.368 e. The molecule has 1 aromatic carbocycles. The van der Waals surface area contributed by atoms with Crippen LogP contribution in [0.25, 0.3) is 0 Å². The van der Waals surface area contributed by atoms with Gasteiger partial charge >= 0.3 is 0 Å². The van der Waals surface area contributed by atoms with Gasteiger partial charge in [-0.05, 0) is 35.0 Å². The maximum absolute atomic E-state index is 9.34. The van der Waals surface area contributed by atoms with Crippen molar-refractivity contribution in [3.05, 3.63) is 45.8 Å². The van der Waals surface area contributed by atoms with Crippen molar-refractivity contribution < 1.29 is 4.52 Å². The number of hydrogen-bond acceptors (Lipinski definition) is 5. The average Bonchev–Trinajstić information content (AvgIpc) is 2.93. The molecule has 0 radical (unpaired) electrons. The van der Waals surface area contributed by atoms with E-state index in [0.29, 0.717) is 5.56 Å². The van der Waals surface area contributed by atoms with E-state index in [0.717, 1.165) is 54.3 Å². The number of rotatable bonds is 3. The van der Waals surface area contributed by atoms with E-state index >= 15 is 0 Å². The molecular weight excluding hydrogens is 344 g/mol. The lowest BCUT2D eigenvalue weighted by molar-refractivity contribution is 0.219. The molecule has 0 bridgehead atoms. The van der Waals surface area contributed by atoms with Crippen molar-refractivity contribution in [2.45, 2.75) is 13.5 Å². The first-order valence-electron chi connectivity index (χ1n) is 7.25. The summed E-state index contributed by atoms with van der Waals surface area (Å²) in [6, 6.07) is 10.2. The number of nitrogens with zero attached hydrogens (tertiary/aromatic N) is 4. The van der Waals surface area contributed by atoms with E-state index in [9.17, 15) is 5.26 Å². The van der Waals surface area contributed by atoms with Crippen molar-refractivity contribution in [3.8, 4) is 6.07 Å². The Labute approximate surface area is 138 Å². The molecule has 0 unspecified atom stereocenters. The highest BCUT2D eigenvalue weighted by molar-refractivity contribution is 9.10. The number of halogens is 1. The van der Waals surface area contributed by atoms with Crippen LogP contribution in [0.4, 0.5) is 5.69 Å². The highest BCUT2D eigenvalue weighted by Gasteiger charge is 2.21. The van der Waals surface area contributed by atoms with E-state index < -0.39 is 0 Å². The van der Waals surface area contributed by atoms with Gasteiger partial charge in [-0.2, -0.15) is 5.26 Å². The molecule has 1 saturated heterocycles. The smallest absolute Gasteiger partial charge is 0.150 e. The van der Waals surface area contributed by atoms with E-state index in [-0.39, 0.29) is 0 Å². The van der Waals surface area contributed by atoms with Gasteiger partial charge in [0.25, 0.3) is 0 Å². The molecule has 0 amide bonds. The molecule has 0 aliphatic carbocycles. The Bertz CT molecular complexity index is 698. The minimum atomic E-state index is 0.710. The van der Waals surface area contributed by atoms with Crippen LogP contribution in [0.5, 0.6) is 0 Å². The number of nitriles is 1. The molecule has 2 aromatic rings. The number of piperazine rings is 1. The molecule has 2 heterocycles. The van der Waals surface area contributed by atoms with Gasteiger partial charge in [-0.3, -0.25) is 4.90 Å². The summed E-state index contributed by atoms with van der Waals surface area (Å²) < 4.78 is 6.13. The molecule has 1 aromatic heterocycles. The van der Waals surface area contributed by atoms with Crippen LogP contribution in [0, 0.1) is 18.3 Å². The normalized spacial score (nSPS) is 15.8. The summed E-state index contributed by atoms with van der Waals surface area (Å²) in [5.74, 6) is 0.908. The minimum Gasteiger partial charge on any atom is -0.368 e. The molecule has 114 valence electrons. The van der Waals surface area contributed by atoms with Gasteiger partial charge in [0.05, 0.1) is 23.5 Å². The zero-order valence-electron chi connectivity index (χ0n) is 12.4. The van der Waals surface area contributed by atoms with Gasteiger partial charge in [-0.15, -0.1) is 0 Å². The van der Waals surface area contributed by atoms with Crippen LogP contribution in [0.3, 0.4) is 0 Å². The summed E-state index contributed by atoms with van der Waals surface area (Å²) in [5.41, 5.74) is 2.63. The number of hydrogen-bond donors (Lipinski definition) is 0. The Kier molecular flexibility index (Phi) is 4.46. The lowest BCUT2D eigenvalue weighted by Crippen LogP contribution is -2.46. The molecular formula is C16H17BrN4O. The number of benzene rings is 1. The lowest BCUT2D eigenvalue weighted by atomic mass is 10.1. The molecule has 0 N–H and O–H groups in total. The zero-order chi connectivity index (χ0) is 15.5. The third-order valence-corrected chi connectivity index (χ3v) is 4.53. The van der Waals surface area contributed by atoms with Crippen LogP contribution >= 0.6 is 15.9 Å². The van der Waals surface area contributed by atoms with Crippen molar-refractivity contribution >= 4 is 21.6 Å². The minimum absolute atomic E-state index is 0.710. The third-order valence-electron chi connectivity index (χ3n) is 3.87. The van der Waals surface area contributed by atoms with E-state index in [4.69, 9.17) is 4.52 Å². The first-order chi connectivity index (χ1) is 10.7. The Morgan fingerprint density at radius 3 is 2.73 bits per heavy atom. The van der Waals surface area contributed by atoms with Crippen LogP contribution < -0.4 is 4.90 Å². The van der Waals surface area contributed by atoms with Crippen molar-refractivity contribution in [1.29, 1.82) is 5.26 Å². The Hall–Kier alpha value is -1.84. The molecule has 0 spiro atoms. The molecule has 0 atom stereocenters. The van der Waals surface area contributed by atoms with Crippen molar-refractivity contribution in [2.75, 3.05) is 31.1 Å². The average molecular weight is 361 g/mol. The molecule has 1 aliphatic rings. The maximum Gasteiger partial charge on any atom is 0.150 e. The second-order valence-corrected chi connectivity index (χ2v) is 6.30. The number of aromatic nitrogens is 1. The van der Waals surface area contributed by atoms with Gasteiger partial charge in [0, 0.05) is 36.7 Å². The maximum atomic E-state index is 9.34. The van der Waals surface area contributed by atoms with Crippen LogP contribution in [0.2, 0.25) is 0 Å². The van der Waals surface area contributed by atoms with Crippen LogP contribution in [-0.4, -0.2) is 36.2 Å². The van der Waals surface area contributed by atoms with Crippen LogP contribution in [0.15, 0.2) is 33.3 Å². The fourth-order valence-corrected chi connectivity index (χ4v) is 3.19. The van der Waals surface area contributed by atoms with Crippen molar-refractivity contribution in [2.24, 2.45) is 0 Å². The highest BCUT2D eigenvalue weighted by Crippen LogP contribution is 2.28. The second kappa shape index (κ2) is 6.51. The van der Waals surface area contributed by atoms with E-state index in [2.05, 4.69) is 37.0 Å². The van der Waals surface area contributed by atoms with Gasteiger partial charge in [-0.25, -0.2) is 0 Å². The predicted octanol–water partition coefficient (Wildman–Crippen LogP) is 2.94. The van der Waals surface area contributed by atoms with Crippen LogP contribution in [0.1, 0.15) is 17.0 Å². The quantitative estimate of drug-likeness (QED) is 0.842. The summed E-state index contributed by atoms with van der Waals surface area (Å²) in [5, 5.41) is 13.3.